The van der Waals surface area contributed by atoms with Crippen molar-refractivity contribution in [1.29, 1.82) is 0 Å². The van der Waals surface area contributed by atoms with E-state index in [4.69, 9.17) is 0 Å². The predicted octanol–water partition coefficient (Wildman–Crippen LogP) is 2.60. The van der Waals surface area contributed by atoms with Gasteiger partial charge >= 0.3 is 0 Å². The van der Waals surface area contributed by atoms with Gasteiger partial charge in [0.25, 0.3) is 5.91 Å². The summed E-state index contributed by atoms with van der Waals surface area (Å²) in [4.78, 5) is 14.4. The molecule has 1 heterocycles. The number of hydrogen-bond donors (Lipinski definition) is 1. The van der Waals surface area contributed by atoms with Crippen molar-refractivity contribution < 1.29 is 17.6 Å². The second-order valence-corrected chi connectivity index (χ2v) is 7.37. The van der Waals surface area contributed by atoms with Gasteiger partial charge in [0.1, 0.15) is 5.82 Å². The number of amides is 1. The Bertz CT molecular complexity index is 661. The average molecular weight is 328 g/mol. The fourth-order valence-corrected chi connectivity index (χ4v) is 3.35. The Morgan fingerprint density at radius 2 is 2.14 bits per heavy atom. The molecule has 22 heavy (non-hydrogen) atoms. The number of sulfonamides is 1. The Balaban J connectivity index is 2.28. The molecule has 5 nitrogen and oxygen atoms in total. The van der Waals surface area contributed by atoms with Crippen molar-refractivity contribution in [2.75, 3.05) is 17.5 Å². The first-order chi connectivity index (χ1) is 10.3. The van der Waals surface area contributed by atoms with Crippen molar-refractivity contribution in [1.82, 2.24) is 4.90 Å². The smallest absolute Gasteiger partial charge is 0.254 e. The average Bonchev–Trinajstić information content (AvgIpc) is 2.47. The minimum absolute atomic E-state index is 0.178. The van der Waals surface area contributed by atoms with E-state index in [2.05, 4.69) is 4.72 Å². The summed E-state index contributed by atoms with van der Waals surface area (Å²) in [6.07, 6.45) is 4.85. The molecule has 1 aliphatic heterocycles. The SMILES string of the molecule is CCC1CCCCN1C(=O)c1ccc(F)c(NS(C)(=O)=O)c1. The van der Waals surface area contributed by atoms with Gasteiger partial charge in [-0.2, -0.15) is 0 Å². The standard InChI is InChI=1S/C15H21FN2O3S/c1-3-12-6-4-5-9-18(12)15(19)11-7-8-13(16)14(10-11)17-22(2,20)21/h7-8,10,12,17H,3-6,9H2,1-2H3. The van der Waals surface area contributed by atoms with Gasteiger partial charge in [0, 0.05) is 18.2 Å². The fourth-order valence-electron chi connectivity index (χ4n) is 2.79. The molecule has 7 heteroatoms. The largest absolute Gasteiger partial charge is 0.336 e. The van der Waals surface area contributed by atoms with E-state index < -0.39 is 15.8 Å². The van der Waals surface area contributed by atoms with Crippen LogP contribution in [0.3, 0.4) is 0 Å². The van der Waals surface area contributed by atoms with Crippen molar-refractivity contribution in [3.63, 3.8) is 0 Å². The molecule has 122 valence electrons. The van der Waals surface area contributed by atoms with Gasteiger partial charge in [-0.1, -0.05) is 6.92 Å². The summed E-state index contributed by atoms with van der Waals surface area (Å²) >= 11 is 0. The lowest BCUT2D eigenvalue weighted by Gasteiger charge is -2.35. The highest BCUT2D eigenvalue weighted by Gasteiger charge is 2.26. The molecule has 0 bridgehead atoms. The number of carbonyl (C=O) groups is 1. The monoisotopic (exact) mass is 328 g/mol. The molecule has 0 aliphatic carbocycles. The molecular weight excluding hydrogens is 307 g/mol. The fraction of sp³-hybridized carbons (Fsp3) is 0.533. The number of nitrogens with zero attached hydrogens (tertiary/aromatic N) is 1. The van der Waals surface area contributed by atoms with Crippen molar-refractivity contribution >= 4 is 21.6 Å². The first-order valence-corrected chi connectivity index (χ1v) is 9.29. The van der Waals surface area contributed by atoms with Crippen LogP contribution in [0, 0.1) is 5.82 Å². The van der Waals surface area contributed by atoms with Gasteiger partial charge in [-0.05, 0) is 43.9 Å². The van der Waals surface area contributed by atoms with Gasteiger partial charge in [0.15, 0.2) is 0 Å². The molecule has 1 atom stereocenters. The van der Waals surface area contributed by atoms with Crippen LogP contribution < -0.4 is 4.72 Å². The Morgan fingerprint density at radius 3 is 2.77 bits per heavy atom. The van der Waals surface area contributed by atoms with Gasteiger partial charge in [0.05, 0.1) is 11.9 Å². The van der Waals surface area contributed by atoms with E-state index in [-0.39, 0.29) is 17.6 Å². The summed E-state index contributed by atoms with van der Waals surface area (Å²) in [6, 6.07) is 3.97. The summed E-state index contributed by atoms with van der Waals surface area (Å²) < 4.78 is 38.3. The molecular formula is C15H21FN2O3S. The Hall–Kier alpha value is -1.63. The first kappa shape index (κ1) is 16.7. The highest BCUT2D eigenvalue weighted by atomic mass is 32.2. The number of piperidine rings is 1. The number of carbonyl (C=O) groups excluding carboxylic acids is 1. The molecule has 1 saturated heterocycles. The van der Waals surface area contributed by atoms with E-state index >= 15 is 0 Å². The van der Waals surface area contributed by atoms with E-state index in [0.717, 1.165) is 38.0 Å². The first-order valence-electron chi connectivity index (χ1n) is 7.40. The van der Waals surface area contributed by atoms with Crippen molar-refractivity contribution in [2.24, 2.45) is 0 Å². The summed E-state index contributed by atoms with van der Waals surface area (Å²) in [5, 5.41) is 0. The molecule has 0 radical (unpaired) electrons. The lowest BCUT2D eigenvalue weighted by molar-refractivity contribution is 0.0608. The lowest BCUT2D eigenvalue weighted by Crippen LogP contribution is -2.43. The van der Waals surface area contributed by atoms with Crippen molar-refractivity contribution in [3.05, 3.63) is 29.6 Å². The van der Waals surface area contributed by atoms with Crippen LogP contribution in [0.2, 0.25) is 0 Å². The predicted molar refractivity (Wildman–Crippen MR) is 83.8 cm³/mol. The van der Waals surface area contributed by atoms with E-state index in [1.165, 1.54) is 12.1 Å². The molecule has 1 fully saturated rings. The molecule has 1 unspecified atom stereocenters. The van der Waals surface area contributed by atoms with Gasteiger partial charge < -0.3 is 4.90 Å². The van der Waals surface area contributed by atoms with Crippen LogP contribution in [0.15, 0.2) is 18.2 Å². The molecule has 1 N–H and O–H groups in total. The maximum Gasteiger partial charge on any atom is 0.254 e. The zero-order valence-corrected chi connectivity index (χ0v) is 13.6. The zero-order chi connectivity index (χ0) is 16.3. The number of likely N-dealkylation sites (tertiary alicyclic amines) is 1. The van der Waals surface area contributed by atoms with E-state index in [0.29, 0.717) is 12.1 Å². The van der Waals surface area contributed by atoms with Crippen molar-refractivity contribution in [3.8, 4) is 0 Å². The topological polar surface area (TPSA) is 66.5 Å². The van der Waals surface area contributed by atoms with Crippen LogP contribution >= 0.6 is 0 Å². The summed E-state index contributed by atoms with van der Waals surface area (Å²) in [5.41, 5.74) is 0.103. The summed E-state index contributed by atoms with van der Waals surface area (Å²) in [5.74, 6) is -0.879. The van der Waals surface area contributed by atoms with Gasteiger partial charge in [-0.3, -0.25) is 9.52 Å². The normalized spacial score (nSPS) is 19.0. The third-order valence-electron chi connectivity index (χ3n) is 3.87. The lowest BCUT2D eigenvalue weighted by atomic mass is 9.99. The molecule has 0 spiro atoms. The van der Waals surface area contributed by atoms with E-state index in [1.807, 2.05) is 6.92 Å². The zero-order valence-electron chi connectivity index (χ0n) is 12.8. The second-order valence-electron chi connectivity index (χ2n) is 5.63. The molecule has 0 saturated carbocycles. The Morgan fingerprint density at radius 1 is 1.41 bits per heavy atom. The van der Waals surface area contributed by atoms with Crippen LogP contribution in [0.1, 0.15) is 43.0 Å². The van der Waals surface area contributed by atoms with Crippen molar-refractivity contribution in [2.45, 2.75) is 38.6 Å². The molecule has 1 aromatic rings. The number of anilines is 1. The number of halogens is 1. The van der Waals surface area contributed by atoms with E-state index in [1.54, 1.807) is 4.90 Å². The third kappa shape index (κ3) is 3.97. The van der Waals surface area contributed by atoms with Crippen LogP contribution in [0.5, 0.6) is 0 Å². The summed E-state index contributed by atoms with van der Waals surface area (Å²) in [6.45, 7) is 2.72. The minimum Gasteiger partial charge on any atom is -0.336 e. The Kier molecular flexibility index (Phi) is 5.05. The minimum atomic E-state index is -3.60. The number of benzene rings is 1. The van der Waals surface area contributed by atoms with Gasteiger partial charge in [0.2, 0.25) is 10.0 Å². The number of hydrogen-bond acceptors (Lipinski definition) is 3. The number of rotatable bonds is 4. The summed E-state index contributed by atoms with van der Waals surface area (Å²) in [7, 11) is -3.60. The molecule has 1 aromatic carbocycles. The molecule has 1 amide bonds. The van der Waals surface area contributed by atoms with Crippen LogP contribution in [-0.4, -0.2) is 38.1 Å². The maximum absolute atomic E-state index is 13.7. The molecule has 2 rings (SSSR count). The maximum atomic E-state index is 13.7. The quantitative estimate of drug-likeness (QED) is 0.924. The van der Waals surface area contributed by atoms with Crippen LogP contribution in [-0.2, 0) is 10.0 Å². The second kappa shape index (κ2) is 6.64. The van der Waals surface area contributed by atoms with E-state index in [9.17, 15) is 17.6 Å². The van der Waals surface area contributed by atoms with Gasteiger partial charge in [-0.25, -0.2) is 12.8 Å². The third-order valence-corrected chi connectivity index (χ3v) is 4.46. The molecule has 0 aromatic heterocycles. The van der Waals surface area contributed by atoms with Crippen LogP contribution in [0.4, 0.5) is 10.1 Å². The molecule has 1 aliphatic rings. The Labute approximate surface area is 130 Å². The van der Waals surface area contributed by atoms with Crippen LogP contribution in [0.25, 0.3) is 0 Å². The highest BCUT2D eigenvalue weighted by molar-refractivity contribution is 7.92. The number of nitrogens with one attached hydrogen (secondary N) is 1. The van der Waals surface area contributed by atoms with Gasteiger partial charge in [-0.15, -0.1) is 0 Å². The highest BCUT2D eigenvalue weighted by Crippen LogP contribution is 2.24.